The van der Waals surface area contributed by atoms with Crippen LogP contribution in [0.5, 0.6) is 11.5 Å². The molecular weight excluding hydrogens is 445 g/mol. The summed E-state index contributed by atoms with van der Waals surface area (Å²) in [6, 6.07) is 9.75. The highest BCUT2D eigenvalue weighted by molar-refractivity contribution is 14.1. The molecule has 0 spiro atoms. The lowest BCUT2D eigenvalue weighted by Crippen LogP contribution is -2.15. The zero-order valence-corrected chi connectivity index (χ0v) is 15.9. The quantitative estimate of drug-likeness (QED) is 0.685. The number of rotatable bonds is 4. The Labute approximate surface area is 147 Å². The van der Waals surface area contributed by atoms with Crippen LogP contribution in [0.4, 0.5) is 0 Å². The second-order valence-corrected chi connectivity index (χ2v) is 6.53. The Morgan fingerprint density at radius 2 is 1.81 bits per heavy atom. The molecule has 0 saturated carbocycles. The maximum Gasteiger partial charge on any atom is 0.141 e. The molecule has 21 heavy (non-hydrogen) atoms. The summed E-state index contributed by atoms with van der Waals surface area (Å²) in [6.45, 7) is 2.08. The molecule has 0 fully saturated rings. The molecule has 0 aliphatic carbocycles. The molecule has 1 atom stereocenters. The van der Waals surface area contributed by atoms with E-state index in [0.717, 1.165) is 21.3 Å². The van der Waals surface area contributed by atoms with Crippen molar-refractivity contribution in [1.29, 1.82) is 0 Å². The van der Waals surface area contributed by atoms with Crippen LogP contribution in [0.2, 0.25) is 0 Å². The van der Waals surface area contributed by atoms with Crippen molar-refractivity contribution in [2.45, 2.75) is 13.0 Å². The van der Waals surface area contributed by atoms with Gasteiger partial charge in [0.2, 0.25) is 0 Å². The third-order valence-electron chi connectivity index (χ3n) is 3.41. The van der Waals surface area contributed by atoms with Gasteiger partial charge in [0.15, 0.2) is 0 Å². The van der Waals surface area contributed by atoms with Gasteiger partial charge in [-0.15, -0.1) is 0 Å². The van der Waals surface area contributed by atoms with Crippen LogP contribution in [0.3, 0.4) is 0 Å². The molecule has 0 radical (unpaired) electrons. The molecule has 112 valence electrons. The van der Waals surface area contributed by atoms with Crippen molar-refractivity contribution in [3.63, 3.8) is 0 Å². The first-order valence-corrected chi connectivity index (χ1v) is 8.29. The van der Waals surface area contributed by atoms with Gasteiger partial charge in [0.25, 0.3) is 0 Å². The van der Waals surface area contributed by atoms with Crippen molar-refractivity contribution < 1.29 is 9.47 Å². The van der Waals surface area contributed by atoms with Crippen LogP contribution < -0.4 is 15.2 Å². The van der Waals surface area contributed by atoms with Crippen LogP contribution in [-0.2, 0) is 0 Å². The van der Waals surface area contributed by atoms with Gasteiger partial charge < -0.3 is 15.2 Å². The molecule has 0 saturated heterocycles. The molecule has 2 aromatic rings. The van der Waals surface area contributed by atoms with Crippen LogP contribution in [0.1, 0.15) is 22.7 Å². The summed E-state index contributed by atoms with van der Waals surface area (Å²) < 4.78 is 12.8. The second-order valence-electron chi connectivity index (χ2n) is 4.66. The summed E-state index contributed by atoms with van der Waals surface area (Å²) in [6.07, 6.45) is 0. The minimum atomic E-state index is -0.256. The van der Waals surface area contributed by atoms with Crippen molar-refractivity contribution in [2.75, 3.05) is 14.2 Å². The molecule has 0 heterocycles. The average Bonchev–Trinajstić information content (AvgIpc) is 2.49. The molecule has 1 unspecified atom stereocenters. The van der Waals surface area contributed by atoms with Gasteiger partial charge in [0.1, 0.15) is 16.0 Å². The van der Waals surface area contributed by atoms with E-state index in [-0.39, 0.29) is 6.04 Å². The van der Waals surface area contributed by atoms with E-state index in [1.165, 1.54) is 9.13 Å². The molecule has 2 aromatic carbocycles. The zero-order chi connectivity index (χ0) is 15.6. The standard InChI is InChI=1S/C16H17BrINO2/c1-9-5-4-6-10(14(9)18)15(19)11-7-8-12(20-2)13(17)16(11)21-3/h4-8,15H,19H2,1-3H3. The van der Waals surface area contributed by atoms with Crippen LogP contribution in [0.25, 0.3) is 0 Å². The summed E-state index contributed by atoms with van der Waals surface area (Å²) in [5.41, 5.74) is 9.71. The highest BCUT2D eigenvalue weighted by atomic mass is 127. The van der Waals surface area contributed by atoms with Gasteiger partial charge in [-0.2, -0.15) is 0 Å². The fourth-order valence-electron chi connectivity index (χ4n) is 2.24. The van der Waals surface area contributed by atoms with Gasteiger partial charge >= 0.3 is 0 Å². The summed E-state index contributed by atoms with van der Waals surface area (Å²) in [4.78, 5) is 0. The van der Waals surface area contributed by atoms with E-state index in [2.05, 4.69) is 57.6 Å². The van der Waals surface area contributed by atoms with E-state index < -0.39 is 0 Å². The van der Waals surface area contributed by atoms with E-state index in [0.29, 0.717) is 5.75 Å². The lowest BCUT2D eigenvalue weighted by Gasteiger charge is -2.20. The number of hydrogen-bond donors (Lipinski definition) is 1. The van der Waals surface area contributed by atoms with Crippen LogP contribution in [0, 0.1) is 10.5 Å². The Morgan fingerprint density at radius 3 is 2.43 bits per heavy atom. The smallest absolute Gasteiger partial charge is 0.141 e. The molecule has 2 rings (SSSR count). The highest BCUT2D eigenvalue weighted by Gasteiger charge is 2.20. The molecule has 3 nitrogen and oxygen atoms in total. The predicted octanol–water partition coefficient (Wildman–Crippen LogP) is 4.43. The lowest BCUT2D eigenvalue weighted by molar-refractivity contribution is 0.385. The van der Waals surface area contributed by atoms with E-state index >= 15 is 0 Å². The first-order chi connectivity index (χ1) is 10.0. The third-order valence-corrected chi connectivity index (χ3v) is 5.63. The van der Waals surface area contributed by atoms with Gasteiger partial charge in [0, 0.05) is 9.13 Å². The average molecular weight is 462 g/mol. The third kappa shape index (κ3) is 3.19. The Kier molecular flexibility index (Phi) is 5.51. The molecular formula is C16H17BrINO2. The summed E-state index contributed by atoms with van der Waals surface area (Å²) in [5.74, 6) is 1.43. The topological polar surface area (TPSA) is 44.5 Å². The van der Waals surface area contributed by atoms with Crippen LogP contribution >= 0.6 is 38.5 Å². The zero-order valence-electron chi connectivity index (χ0n) is 12.1. The number of ether oxygens (including phenoxy) is 2. The Bertz CT molecular complexity index is 661. The highest BCUT2D eigenvalue weighted by Crippen LogP contribution is 2.41. The molecule has 0 aromatic heterocycles. The van der Waals surface area contributed by atoms with E-state index in [1.54, 1.807) is 14.2 Å². The van der Waals surface area contributed by atoms with Gasteiger partial charge in [0.05, 0.1) is 20.3 Å². The van der Waals surface area contributed by atoms with E-state index in [9.17, 15) is 0 Å². The van der Waals surface area contributed by atoms with Gasteiger partial charge in [-0.25, -0.2) is 0 Å². The maximum absolute atomic E-state index is 6.48. The predicted molar refractivity (Wildman–Crippen MR) is 97.2 cm³/mol. The first kappa shape index (κ1) is 16.6. The summed E-state index contributed by atoms with van der Waals surface area (Å²) in [7, 11) is 3.26. The number of aryl methyl sites for hydroxylation is 1. The number of benzene rings is 2. The van der Waals surface area contributed by atoms with Gasteiger partial charge in [-0.05, 0) is 68.7 Å². The van der Waals surface area contributed by atoms with Crippen LogP contribution in [-0.4, -0.2) is 14.2 Å². The minimum absolute atomic E-state index is 0.256. The van der Waals surface area contributed by atoms with Crippen molar-refractivity contribution in [3.05, 3.63) is 55.1 Å². The molecule has 0 bridgehead atoms. The maximum atomic E-state index is 6.48. The SMILES string of the molecule is COc1ccc(C(N)c2cccc(C)c2I)c(OC)c1Br. The molecule has 5 heteroatoms. The molecule has 0 aliphatic heterocycles. The normalized spacial score (nSPS) is 12.1. The number of halogens is 2. The number of hydrogen-bond acceptors (Lipinski definition) is 3. The Hall–Kier alpha value is -0.790. The van der Waals surface area contributed by atoms with Crippen molar-refractivity contribution >= 4 is 38.5 Å². The number of methoxy groups -OCH3 is 2. The van der Waals surface area contributed by atoms with E-state index in [1.807, 2.05) is 18.2 Å². The molecule has 0 aliphatic rings. The monoisotopic (exact) mass is 461 g/mol. The first-order valence-electron chi connectivity index (χ1n) is 6.42. The van der Waals surface area contributed by atoms with Crippen molar-refractivity contribution in [3.8, 4) is 11.5 Å². The van der Waals surface area contributed by atoms with E-state index in [4.69, 9.17) is 15.2 Å². The summed E-state index contributed by atoms with van der Waals surface area (Å²) >= 11 is 5.86. The Balaban J connectivity index is 2.56. The van der Waals surface area contributed by atoms with Crippen molar-refractivity contribution in [2.24, 2.45) is 5.73 Å². The van der Waals surface area contributed by atoms with Crippen LogP contribution in [0.15, 0.2) is 34.8 Å². The van der Waals surface area contributed by atoms with Gasteiger partial charge in [-0.3, -0.25) is 0 Å². The minimum Gasteiger partial charge on any atom is -0.495 e. The Morgan fingerprint density at radius 1 is 1.10 bits per heavy atom. The fourth-order valence-corrected chi connectivity index (χ4v) is 3.62. The fraction of sp³-hybridized carbons (Fsp3) is 0.250. The summed E-state index contributed by atoms with van der Waals surface area (Å²) in [5, 5.41) is 0. The molecule has 2 N–H and O–H groups in total. The second kappa shape index (κ2) is 6.98. The largest absolute Gasteiger partial charge is 0.495 e. The molecule has 0 amide bonds. The number of nitrogens with two attached hydrogens (primary N) is 1. The van der Waals surface area contributed by atoms with Crippen molar-refractivity contribution in [1.82, 2.24) is 0 Å². The lowest BCUT2D eigenvalue weighted by atomic mass is 9.97. The van der Waals surface area contributed by atoms with Gasteiger partial charge in [-0.1, -0.05) is 18.2 Å².